The maximum Gasteiger partial charge on any atom is 0.249 e. The Kier molecular flexibility index (Phi) is 5.70. The van der Waals surface area contributed by atoms with Crippen LogP contribution in [0.15, 0.2) is 79.0 Å². The second-order valence-electron chi connectivity index (χ2n) is 6.53. The SMILES string of the molecule is COc1ccc(C)cc1Nc1nncc(Nc2ccccc2Oc2ccccc2)n1. The van der Waals surface area contributed by atoms with Gasteiger partial charge in [0.05, 0.1) is 24.7 Å². The smallest absolute Gasteiger partial charge is 0.249 e. The molecule has 0 spiro atoms. The van der Waals surface area contributed by atoms with Gasteiger partial charge in [0.2, 0.25) is 5.95 Å². The summed E-state index contributed by atoms with van der Waals surface area (Å²) in [6.45, 7) is 2.01. The van der Waals surface area contributed by atoms with Crippen LogP contribution in [0.1, 0.15) is 5.56 Å². The van der Waals surface area contributed by atoms with E-state index < -0.39 is 0 Å². The molecule has 7 nitrogen and oxygen atoms in total. The summed E-state index contributed by atoms with van der Waals surface area (Å²) in [6.07, 6.45) is 1.55. The first kappa shape index (κ1) is 19.2. The number of nitrogens with one attached hydrogen (secondary N) is 2. The number of rotatable bonds is 7. The van der Waals surface area contributed by atoms with Gasteiger partial charge in [-0.3, -0.25) is 0 Å². The molecule has 150 valence electrons. The first-order valence-corrected chi connectivity index (χ1v) is 9.41. The van der Waals surface area contributed by atoms with Gasteiger partial charge in [0, 0.05) is 0 Å². The number of ether oxygens (including phenoxy) is 2. The standard InChI is InChI=1S/C23H21N5O2/c1-16-12-13-20(29-2)19(14-16)26-23-27-22(15-24-28-23)25-18-10-6-7-11-21(18)30-17-8-4-3-5-9-17/h3-15H,1-2H3,(H2,25,26,27,28). The fourth-order valence-electron chi connectivity index (χ4n) is 2.87. The molecule has 0 fully saturated rings. The topological polar surface area (TPSA) is 81.2 Å². The van der Waals surface area contributed by atoms with Gasteiger partial charge in [-0.05, 0) is 48.9 Å². The lowest BCUT2D eigenvalue weighted by Crippen LogP contribution is -2.04. The molecule has 3 aromatic carbocycles. The van der Waals surface area contributed by atoms with E-state index in [4.69, 9.17) is 9.47 Å². The summed E-state index contributed by atoms with van der Waals surface area (Å²) in [5, 5.41) is 14.5. The van der Waals surface area contributed by atoms with Crippen LogP contribution in [0.25, 0.3) is 0 Å². The summed E-state index contributed by atoms with van der Waals surface area (Å²) < 4.78 is 11.4. The van der Waals surface area contributed by atoms with Crippen LogP contribution in [-0.2, 0) is 0 Å². The largest absolute Gasteiger partial charge is 0.495 e. The Morgan fingerprint density at radius 2 is 1.60 bits per heavy atom. The molecular weight excluding hydrogens is 378 g/mol. The van der Waals surface area contributed by atoms with Crippen molar-refractivity contribution in [3.8, 4) is 17.2 Å². The van der Waals surface area contributed by atoms with Gasteiger partial charge in [0.1, 0.15) is 11.5 Å². The Labute approximate surface area is 174 Å². The molecule has 2 N–H and O–H groups in total. The van der Waals surface area contributed by atoms with E-state index in [9.17, 15) is 0 Å². The van der Waals surface area contributed by atoms with E-state index in [1.54, 1.807) is 13.3 Å². The third-order valence-corrected chi connectivity index (χ3v) is 4.28. The van der Waals surface area contributed by atoms with E-state index in [1.165, 1.54) is 0 Å². The summed E-state index contributed by atoms with van der Waals surface area (Å²) >= 11 is 0. The van der Waals surface area contributed by atoms with Gasteiger partial charge in [0.25, 0.3) is 0 Å². The van der Waals surface area contributed by atoms with Gasteiger partial charge >= 0.3 is 0 Å². The molecule has 0 amide bonds. The third kappa shape index (κ3) is 4.64. The first-order valence-electron chi connectivity index (χ1n) is 9.41. The third-order valence-electron chi connectivity index (χ3n) is 4.28. The number of nitrogens with zero attached hydrogens (tertiary/aromatic N) is 3. The van der Waals surface area contributed by atoms with E-state index in [-0.39, 0.29) is 0 Å². The van der Waals surface area contributed by atoms with Gasteiger partial charge in [-0.25, -0.2) is 0 Å². The van der Waals surface area contributed by atoms with Crippen LogP contribution in [0.3, 0.4) is 0 Å². The molecule has 30 heavy (non-hydrogen) atoms. The Bertz CT molecular complexity index is 1140. The number of anilines is 4. The van der Waals surface area contributed by atoms with Gasteiger partial charge in [-0.2, -0.15) is 10.1 Å². The monoisotopic (exact) mass is 399 g/mol. The summed E-state index contributed by atoms with van der Waals surface area (Å²) in [5.74, 6) is 3.01. The molecule has 0 bridgehead atoms. The highest BCUT2D eigenvalue weighted by Gasteiger charge is 2.09. The number of para-hydroxylation sites is 3. The van der Waals surface area contributed by atoms with E-state index in [0.717, 1.165) is 22.7 Å². The summed E-state index contributed by atoms with van der Waals surface area (Å²) in [6, 6.07) is 23.1. The molecule has 0 radical (unpaired) electrons. The highest BCUT2D eigenvalue weighted by molar-refractivity contribution is 5.67. The van der Waals surface area contributed by atoms with Crippen LogP contribution in [0, 0.1) is 6.92 Å². The van der Waals surface area contributed by atoms with Crippen LogP contribution in [0.5, 0.6) is 17.2 Å². The molecule has 4 aromatic rings. The summed E-state index contributed by atoms with van der Waals surface area (Å²) in [7, 11) is 1.62. The lowest BCUT2D eigenvalue weighted by Gasteiger charge is -2.13. The Morgan fingerprint density at radius 1 is 0.800 bits per heavy atom. The number of benzene rings is 3. The average Bonchev–Trinajstić information content (AvgIpc) is 2.76. The lowest BCUT2D eigenvalue weighted by atomic mass is 10.2. The van der Waals surface area contributed by atoms with E-state index >= 15 is 0 Å². The second kappa shape index (κ2) is 8.91. The average molecular weight is 399 g/mol. The van der Waals surface area contributed by atoms with Crippen molar-refractivity contribution in [2.24, 2.45) is 0 Å². The number of methoxy groups -OCH3 is 1. The minimum atomic E-state index is 0.352. The Balaban J connectivity index is 1.55. The highest BCUT2D eigenvalue weighted by atomic mass is 16.5. The maximum absolute atomic E-state index is 5.99. The molecule has 0 aliphatic carbocycles. The fraction of sp³-hybridized carbons (Fsp3) is 0.0870. The zero-order chi connectivity index (χ0) is 20.8. The Morgan fingerprint density at radius 3 is 2.43 bits per heavy atom. The zero-order valence-electron chi connectivity index (χ0n) is 16.7. The van der Waals surface area contributed by atoms with Crippen LogP contribution < -0.4 is 20.1 Å². The molecule has 1 heterocycles. The second-order valence-corrected chi connectivity index (χ2v) is 6.53. The van der Waals surface area contributed by atoms with Crippen LogP contribution in [0.2, 0.25) is 0 Å². The molecule has 0 unspecified atom stereocenters. The molecule has 0 aliphatic heterocycles. The van der Waals surface area contributed by atoms with Gasteiger partial charge in [0.15, 0.2) is 11.6 Å². The number of hydrogen-bond donors (Lipinski definition) is 2. The molecule has 4 rings (SSSR count). The van der Waals surface area contributed by atoms with Crippen molar-refractivity contribution >= 4 is 23.1 Å². The highest BCUT2D eigenvalue weighted by Crippen LogP contribution is 2.31. The lowest BCUT2D eigenvalue weighted by molar-refractivity contribution is 0.416. The van der Waals surface area contributed by atoms with Crippen molar-refractivity contribution < 1.29 is 9.47 Å². The fourth-order valence-corrected chi connectivity index (χ4v) is 2.87. The normalized spacial score (nSPS) is 10.3. The predicted octanol–water partition coefficient (Wildman–Crippen LogP) is 5.47. The van der Waals surface area contributed by atoms with Crippen molar-refractivity contribution in [3.63, 3.8) is 0 Å². The molecule has 0 aliphatic rings. The minimum Gasteiger partial charge on any atom is -0.495 e. The van der Waals surface area contributed by atoms with Crippen molar-refractivity contribution in [1.82, 2.24) is 15.2 Å². The van der Waals surface area contributed by atoms with Crippen LogP contribution >= 0.6 is 0 Å². The number of aromatic nitrogens is 3. The molecule has 1 aromatic heterocycles. The minimum absolute atomic E-state index is 0.352. The molecule has 7 heteroatoms. The van der Waals surface area contributed by atoms with E-state index in [2.05, 4.69) is 25.8 Å². The molecule has 0 saturated heterocycles. The van der Waals surface area contributed by atoms with Gasteiger partial charge < -0.3 is 20.1 Å². The van der Waals surface area contributed by atoms with Crippen molar-refractivity contribution in [1.29, 1.82) is 0 Å². The predicted molar refractivity (Wildman–Crippen MR) is 117 cm³/mol. The molecular formula is C23H21N5O2. The van der Waals surface area contributed by atoms with Crippen molar-refractivity contribution in [2.45, 2.75) is 6.92 Å². The summed E-state index contributed by atoms with van der Waals surface area (Å²) in [4.78, 5) is 4.51. The Hall–Kier alpha value is -4.13. The first-order chi connectivity index (χ1) is 14.7. The van der Waals surface area contributed by atoms with E-state index in [0.29, 0.717) is 23.3 Å². The number of aryl methyl sites for hydroxylation is 1. The quantitative estimate of drug-likeness (QED) is 0.426. The molecule has 0 saturated carbocycles. The molecule has 0 atom stereocenters. The number of hydrogen-bond acceptors (Lipinski definition) is 7. The maximum atomic E-state index is 5.99. The van der Waals surface area contributed by atoms with Crippen molar-refractivity contribution in [2.75, 3.05) is 17.7 Å². The van der Waals surface area contributed by atoms with Crippen LogP contribution in [0.4, 0.5) is 23.1 Å². The van der Waals surface area contributed by atoms with Gasteiger partial charge in [-0.1, -0.05) is 36.4 Å². The zero-order valence-corrected chi connectivity index (χ0v) is 16.7. The van der Waals surface area contributed by atoms with Crippen LogP contribution in [-0.4, -0.2) is 22.3 Å². The van der Waals surface area contributed by atoms with Gasteiger partial charge in [-0.15, -0.1) is 5.10 Å². The van der Waals surface area contributed by atoms with E-state index in [1.807, 2.05) is 79.7 Å². The van der Waals surface area contributed by atoms with Crippen molar-refractivity contribution in [3.05, 3.63) is 84.6 Å². The summed E-state index contributed by atoms with van der Waals surface area (Å²) in [5.41, 5.74) is 2.62.